The molecule has 2 rings (SSSR count). The SMILES string of the molecule is O=C(Nc1ccc(F)cc1F)c1nc[nH]c1C(=O)O. The van der Waals surface area contributed by atoms with Gasteiger partial charge in [0.1, 0.15) is 11.6 Å². The van der Waals surface area contributed by atoms with Crippen LogP contribution in [-0.2, 0) is 0 Å². The number of rotatable bonds is 3. The van der Waals surface area contributed by atoms with Crippen LogP contribution >= 0.6 is 0 Å². The number of carboxylic acids is 1. The Kier molecular flexibility index (Phi) is 3.23. The summed E-state index contributed by atoms with van der Waals surface area (Å²) in [4.78, 5) is 28.3. The van der Waals surface area contributed by atoms with Gasteiger partial charge in [-0.3, -0.25) is 4.79 Å². The molecule has 0 spiro atoms. The quantitative estimate of drug-likeness (QED) is 0.787. The van der Waals surface area contributed by atoms with E-state index in [2.05, 4.69) is 15.3 Å². The van der Waals surface area contributed by atoms with Crippen LogP contribution in [0.5, 0.6) is 0 Å². The number of anilines is 1. The lowest BCUT2D eigenvalue weighted by Gasteiger charge is -2.05. The van der Waals surface area contributed by atoms with E-state index in [-0.39, 0.29) is 5.69 Å². The molecule has 0 fully saturated rings. The van der Waals surface area contributed by atoms with Gasteiger partial charge in [0.2, 0.25) is 0 Å². The van der Waals surface area contributed by atoms with Gasteiger partial charge in [-0.15, -0.1) is 0 Å². The number of hydrogen-bond donors (Lipinski definition) is 3. The first-order valence-electron chi connectivity index (χ1n) is 5.02. The van der Waals surface area contributed by atoms with E-state index in [4.69, 9.17) is 5.11 Å². The summed E-state index contributed by atoms with van der Waals surface area (Å²) < 4.78 is 26.0. The Labute approximate surface area is 105 Å². The second-order valence-electron chi connectivity index (χ2n) is 3.51. The zero-order valence-corrected chi connectivity index (χ0v) is 9.28. The Bertz CT molecular complexity index is 654. The molecule has 0 aliphatic carbocycles. The van der Waals surface area contributed by atoms with Crippen LogP contribution in [0.3, 0.4) is 0 Å². The van der Waals surface area contributed by atoms with E-state index in [1.807, 2.05) is 0 Å². The maximum Gasteiger partial charge on any atom is 0.354 e. The average Bonchev–Trinajstić information content (AvgIpc) is 2.82. The third kappa shape index (κ3) is 2.57. The molecule has 8 heteroatoms. The third-order valence-electron chi connectivity index (χ3n) is 2.25. The summed E-state index contributed by atoms with van der Waals surface area (Å²) in [5.41, 5.74) is -1.08. The van der Waals surface area contributed by atoms with Crippen molar-refractivity contribution in [2.45, 2.75) is 0 Å². The highest BCUT2D eigenvalue weighted by atomic mass is 19.1. The lowest BCUT2D eigenvalue weighted by atomic mass is 10.2. The van der Waals surface area contributed by atoms with Crippen LogP contribution < -0.4 is 5.32 Å². The van der Waals surface area contributed by atoms with Gasteiger partial charge < -0.3 is 15.4 Å². The van der Waals surface area contributed by atoms with E-state index in [0.717, 1.165) is 18.5 Å². The monoisotopic (exact) mass is 267 g/mol. The van der Waals surface area contributed by atoms with Crippen molar-refractivity contribution in [3.8, 4) is 0 Å². The molecule has 0 saturated heterocycles. The highest BCUT2D eigenvalue weighted by Gasteiger charge is 2.20. The lowest BCUT2D eigenvalue weighted by Crippen LogP contribution is -2.17. The maximum atomic E-state index is 13.3. The summed E-state index contributed by atoms with van der Waals surface area (Å²) in [6.45, 7) is 0. The summed E-state index contributed by atoms with van der Waals surface area (Å²) in [5.74, 6) is -4.05. The van der Waals surface area contributed by atoms with Crippen LogP contribution in [0.4, 0.5) is 14.5 Å². The summed E-state index contributed by atoms with van der Waals surface area (Å²) in [7, 11) is 0. The molecule has 2 aromatic rings. The second-order valence-corrected chi connectivity index (χ2v) is 3.51. The Morgan fingerprint density at radius 1 is 1.32 bits per heavy atom. The van der Waals surface area contributed by atoms with E-state index >= 15 is 0 Å². The van der Waals surface area contributed by atoms with Crippen LogP contribution in [0.1, 0.15) is 21.0 Å². The van der Waals surface area contributed by atoms with Crippen LogP contribution in [-0.4, -0.2) is 27.0 Å². The largest absolute Gasteiger partial charge is 0.477 e. The Hall–Kier alpha value is -2.77. The molecule has 1 heterocycles. The molecular weight excluding hydrogens is 260 g/mol. The Morgan fingerprint density at radius 2 is 2.05 bits per heavy atom. The number of carboxylic acid groups (broad SMARTS) is 1. The van der Waals surface area contributed by atoms with Crippen LogP contribution in [0.15, 0.2) is 24.5 Å². The number of aromatic amines is 1. The summed E-state index contributed by atoms with van der Waals surface area (Å²) >= 11 is 0. The summed E-state index contributed by atoms with van der Waals surface area (Å²) in [6.07, 6.45) is 1.03. The first-order chi connectivity index (χ1) is 8.99. The van der Waals surface area contributed by atoms with E-state index < -0.39 is 34.9 Å². The molecule has 0 radical (unpaired) electrons. The number of benzene rings is 1. The molecule has 0 bridgehead atoms. The number of aromatic nitrogens is 2. The van der Waals surface area contributed by atoms with Gasteiger partial charge in [0, 0.05) is 6.07 Å². The Morgan fingerprint density at radius 3 is 2.68 bits per heavy atom. The number of aromatic carboxylic acids is 1. The number of imidazole rings is 1. The fourth-order valence-electron chi connectivity index (χ4n) is 1.40. The number of carbonyl (C=O) groups excluding carboxylic acids is 1. The molecule has 1 amide bonds. The maximum absolute atomic E-state index is 13.3. The predicted octanol–water partition coefficient (Wildman–Crippen LogP) is 1.64. The number of halogens is 2. The van der Waals surface area contributed by atoms with E-state index in [1.165, 1.54) is 0 Å². The number of H-pyrrole nitrogens is 1. The topological polar surface area (TPSA) is 95.1 Å². The first-order valence-corrected chi connectivity index (χ1v) is 5.02. The zero-order chi connectivity index (χ0) is 14.0. The second kappa shape index (κ2) is 4.84. The number of amides is 1. The molecule has 3 N–H and O–H groups in total. The van der Waals surface area contributed by atoms with Crippen molar-refractivity contribution in [3.63, 3.8) is 0 Å². The zero-order valence-electron chi connectivity index (χ0n) is 9.28. The van der Waals surface area contributed by atoms with Crippen molar-refractivity contribution in [3.05, 3.63) is 47.5 Å². The minimum atomic E-state index is -1.37. The van der Waals surface area contributed by atoms with Gasteiger partial charge in [0.15, 0.2) is 11.4 Å². The fourth-order valence-corrected chi connectivity index (χ4v) is 1.40. The van der Waals surface area contributed by atoms with Gasteiger partial charge in [-0.25, -0.2) is 18.6 Å². The average molecular weight is 267 g/mol. The number of hydrogen-bond acceptors (Lipinski definition) is 3. The highest BCUT2D eigenvalue weighted by molar-refractivity contribution is 6.08. The minimum absolute atomic E-state index is 0.272. The molecule has 0 aliphatic heterocycles. The molecular formula is C11H7F2N3O3. The molecule has 0 unspecified atom stereocenters. The van der Waals surface area contributed by atoms with E-state index in [0.29, 0.717) is 6.07 Å². The van der Waals surface area contributed by atoms with Crippen LogP contribution in [0.2, 0.25) is 0 Å². The molecule has 19 heavy (non-hydrogen) atoms. The lowest BCUT2D eigenvalue weighted by molar-refractivity contribution is 0.0686. The van der Waals surface area contributed by atoms with Crippen molar-refractivity contribution in [2.24, 2.45) is 0 Å². The molecule has 0 atom stereocenters. The molecule has 0 saturated carbocycles. The van der Waals surface area contributed by atoms with Crippen molar-refractivity contribution in [1.82, 2.24) is 9.97 Å². The van der Waals surface area contributed by atoms with Gasteiger partial charge in [-0.1, -0.05) is 0 Å². The first kappa shape index (κ1) is 12.7. The van der Waals surface area contributed by atoms with Crippen LogP contribution in [0, 0.1) is 11.6 Å². The molecule has 6 nitrogen and oxygen atoms in total. The van der Waals surface area contributed by atoms with Gasteiger partial charge in [-0.05, 0) is 12.1 Å². The van der Waals surface area contributed by atoms with Crippen molar-refractivity contribution < 1.29 is 23.5 Å². The summed E-state index contributed by atoms with van der Waals surface area (Å²) in [6, 6.07) is 2.58. The third-order valence-corrected chi connectivity index (χ3v) is 2.25. The number of nitrogens with one attached hydrogen (secondary N) is 2. The van der Waals surface area contributed by atoms with Gasteiger partial charge in [-0.2, -0.15) is 0 Å². The standard InChI is InChI=1S/C11H7F2N3O3/c12-5-1-2-7(6(13)3-5)16-10(17)8-9(11(18)19)15-4-14-8/h1-4H,(H,14,15)(H,16,17)(H,18,19). The highest BCUT2D eigenvalue weighted by Crippen LogP contribution is 2.16. The smallest absolute Gasteiger partial charge is 0.354 e. The molecule has 98 valence electrons. The van der Waals surface area contributed by atoms with Gasteiger partial charge in [0.25, 0.3) is 5.91 Å². The van der Waals surface area contributed by atoms with Crippen LogP contribution in [0.25, 0.3) is 0 Å². The number of carbonyl (C=O) groups is 2. The van der Waals surface area contributed by atoms with Gasteiger partial charge >= 0.3 is 5.97 Å². The molecule has 1 aromatic carbocycles. The van der Waals surface area contributed by atoms with Crippen molar-refractivity contribution >= 4 is 17.6 Å². The predicted molar refractivity (Wildman–Crippen MR) is 59.9 cm³/mol. The number of nitrogens with zero attached hydrogens (tertiary/aromatic N) is 1. The van der Waals surface area contributed by atoms with Gasteiger partial charge in [0.05, 0.1) is 12.0 Å². The van der Waals surface area contributed by atoms with E-state index in [1.54, 1.807) is 0 Å². The molecule has 1 aromatic heterocycles. The molecule has 0 aliphatic rings. The van der Waals surface area contributed by atoms with Crippen molar-refractivity contribution in [2.75, 3.05) is 5.32 Å². The fraction of sp³-hybridized carbons (Fsp3) is 0. The van der Waals surface area contributed by atoms with E-state index in [9.17, 15) is 18.4 Å². The van der Waals surface area contributed by atoms with Crippen molar-refractivity contribution in [1.29, 1.82) is 0 Å². The Balaban J connectivity index is 2.26. The minimum Gasteiger partial charge on any atom is -0.477 e. The summed E-state index contributed by atoms with van der Waals surface area (Å²) in [5, 5.41) is 10.9. The normalized spacial score (nSPS) is 10.2.